The van der Waals surface area contributed by atoms with Crippen molar-refractivity contribution in [2.24, 2.45) is 5.92 Å². The molecule has 2 unspecified atom stereocenters. The van der Waals surface area contributed by atoms with Gasteiger partial charge in [-0.2, -0.15) is 0 Å². The van der Waals surface area contributed by atoms with Crippen LogP contribution in [0.25, 0.3) is 0 Å². The van der Waals surface area contributed by atoms with Crippen molar-refractivity contribution in [3.8, 4) is 0 Å². The van der Waals surface area contributed by atoms with Gasteiger partial charge in [-0.1, -0.05) is 41.1 Å². The van der Waals surface area contributed by atoms with E-state index >= 15 is 0 Å². The number of carbonyl (C=O) groups is 1. The van der Waals surface area contributed by atoms with E-state index in [4.69, 9.17) is 11.6 Å². The van der Waals surface area contributed by atoms with Crippen molar-refractivity contribution >= 4 is 34.0 Å². The van der Waals surface area contributed by atoms with Crippen LogP contribution in [-0.4, -0.2) is 16.1 Å². The third-order valence-corrected chi connectivity index (χ3v) is 3.97. The molecule has 0 radical (unpaired) electrons. The molecular weight excluding hydrogens is 270 g/mol. The molecule has 1 aromatic heterocycles. The van der Waals surface area contributed by atoms with Crippen LogP contribution < -0.4 is 5.32 Å². The summed E-state index contributed by atoms with van der Waals surface area (Å²) in [5, 5.41) is 11.5. The van der Waals surface area contributed by atoms with E-state index in [9.17, 15) is 4.79 Å². The fourth-order valence-electron chi connectivity index (χ4n) is 2.03. The lowest BCUT2D eigenvalue weighted by atomic mass is 10.1. The quantitative estimate of drug-likeness (QED) is 0.940. The predicted molar refractivity (Wildman–Crippen MR) is 70.8 cm³/mol. The number of rotatable bonds is 3. The maximum atomic E-state index is 12.0. The number of carbonyl (C=O) groups excluding carboxylic acids is 1. The minimum absolute atomic E-state index is 0.00308. The molecule has 1 aliphatic carbocycles. The molecule has 1 aromatic carbocycles. The second-order valence-electron chi connectivity index (χ2n) is 4.20. The summed E-state index contributed by atoms with van der Waals surface area (Å²) in [5.74, 6) is 0.220. The van der Waals surface area contributed by atoms with Crippen LogP contribution in [0.3, 0.4) is 0 Å². The van der Waals surface area contributed by atoms with Crippen LogP contribution in [0.2, 0.25) is 5.02 Å². The van der Waals surface area contributed by atoms with Crippen molar-refractivity contribution in [3.63, 3.8) is 0 Å². The molecule has 1 heterocycles. The zero-order valence-corrected chi connectivity index (χ0v) is 10.9. The van der Waals surface area contributed by atoms with Crippen LogP contribution in [0.15, 0.2) is 29.8 Å². The highest BCUT2D eigenvalue weighted by Gasteiger charge is 2.44. The highest BCUT2D eigenvalue weighted by molar-refractivity contribution is 7.13. The van der Waals surface area contributed by atoms with Gasteiger partial charge in [-0.25, -0.2) is 0 Å². The van der Waals surface area contributed by atoms with Crippen molar-refractivity contribution < 1.29 is 4.79 Å². The van der Waals surface area contributed by atoms with E-state index in [0.717, 1.165) is 17.0 Å². The average Bonchev–Trinajstić information content (AvgIpc) is 3.00. The fourth-order valence-corrected chi connectivity index (χ4v) is 2.75. The molecule has 1 fully saturated rings. The van der Waals surface area contributed by atoms with E-state index in [1.165, 1.54) is 11.3 Å². The Morgan fingerprint density at radius 2 is 2.28 bits per heavy atom. The molecule has 4 nitrogen and oxygen atoms in total. The first-order chi connectivity index (χ1) is 8.75. The molecule has 1 N–H and O–H groups in total. The summed E-state index contributed by atoms with van der Waals surface area (Å²) in [6.07, 6.45) is 0.842. The number of anilines is 1. The average molecular weight is 280 g/mol. The van der Waals surface area contributed by atoms with Gasteiger partial charge < -0.3 is 5.32 Å². The molecule has 6 heteroatoms. The molecule has 0 saturated heterocycles. The SMILES string of the molecule is O=C(Nc1nncs1)C1CC1c1ccccc1Cl. The molecule has 3 rings (SSSR count). The Balaban J connectivity index is 1.67. The van der Waals surface area contributed by atoms with Gasteiger partial charge >= 0.3 is 0 Å². The van der Waals surface area contributed by atoms with Gasteiger partial charge in [-0.15, -0.1) is 10.2 Å². The molecule has 0 bridgehead atoms. The van der Waals surface area contributed by atoms with Crippen molar-refractivity contribution in [2.75, 3.05) is 5.32 Å². The molecule has 1 aliphatic rings. The second kappa shape index (κ2) is 4.66. The highest BCUT2D eigenvalue weighted by atomic mass is 35.5. The zero-order chi connectivity index (χ0) is 12.5. The van der Waals surface area contributed by atoms with Gasteiger partial charge in [0.05, 0.1) is 0 Å². The van der Waals surface area contributed by atoms with E-state index in [-0.39, 0.29) is 17.7 Å². The van der Waals surface area contributed by atoms with Crippen LogP contribution in [-0.2, 0) is 4.79 Å². The number of nitrogens with one attached hydrogen (secondary N) is 1. The van der Waals surface area contributed by atoms with Gasteiger partial charge in [0.1, 0.15) is 5.51 Å². The maximum absolute atomic E-state index is 12.0. The molecule has 0 spiro atoms. The third kappa shape index (κ3) is 2.23. The molecule has 0 aliphatic heterocycles. The number of hydrogen-bond acceptors (Lipinski definition) is 4. The Kier molecular flexibility index (Phi) is 3.01. The minimum atomic E-state index is -0.00574. The number of amides is 1. The van der Waals surface area contributed by atoms with Crippen LogP contribution in [0.5, 0.6) is 0 Å². The Morgan fingerprint density at radius 1 is 1.44 bits per heavy atom. The summed E-state index contributed by atoms with van der Waals surface area (Å²) in [7, 11) is 0. The first-order valence-electron chi connectivity index (χ1n) is 5.57. The van der Waals surface area contributed by atoms with Crippen molar-refractivity contribution in [1.82, 2.24) is 10.2 Å². The molecule has 92 valence electrons. The van der Waals surface area contributed by atoms with E-state index in [2.05, 4.69) is 15.5 Å². The zero-order valence-electron chi connectivity index (χ0n) is 9.34. The standard InChI is InChI=1S/C12H10ClN3OS/c13-10-4-2-1-3-7(10)8-5-9(8)11(17)15-12-16-14-6-18-12/h1-4,6,8-9H,5H2,(H,15,16,17). The fraction of sp³-hybridized carbons (Fsp3) is 0.250. The topological polar surface area (TPSA) is 54.9 Å². The smallest absolute Gasteiger partial charge is 0.229 e. The minimum Gasteiger partial charge on any atom is -0.300 e. The van der Waals surface area contributed by atoms with Crippen molar-refractivity contribution in [2.45, 2.75) is 12.3 Å². The second-order valence-corrected chi connectivity index (χ2v) is 5.44. The molecule has 1 amide bonds. The predicted octanol–water partition coefficient (Wildman–Crippen LogP) is 2.93. The molecule has 2 atom stereocenters. The number of hydrogen-bond donors (Lipinski definition) is 1. The summed E-state index contributed by atoms with van der Waals surface area (Å²) in [6.45, 7) is 0. The summed E-state index contributed by atoms with van der Waals surface area (Å²) in [6, 6.07) is 7.67. The lowest BCUT2D eigenvalue weighted by molar-refractivity contribution is -0.117. The van der Waals surface area contributed by atoms with Gasteiger partial charge in [-0.05, 0) is 24.0 Å². The van der Waals surface area contributed by atoms with Gasteiger partial charge in [-0.3, -0.25) is 4.79 Å². The Hall–Kier alpha value is -1.46. The van der Waals surface area contributed by atoms with Gasteiger partial charge in [0.15, 0.2) is 0 Å². The van der Waals surface area contributed by atoms with Crippen LogP contribution >= 0.6 is 22.9 Å². The Labute approximate surface area is 113 Å². The van der Waals surface area contributed by atoms with Gasteiger partial charge in [0.25, 0.3) is 0 Å². The lowest BCUT2D eigenvalue weighted by Gasteiger charge is -2.03. The van der Waals surface area contributed by atoms with E-state index in [0.29, 0.717) is 5.13 Å². The van der Waals surface area contributed by atoms with E-state index in [1.807, 2.05) is 24.3 Å². The van der Waals surface area contributed by atoms with Crippen LogP contribution in [0, 0.1) is 5.92 Å². The van der Waals surface area contributed by atoms with Gasteiger partial charge in [0.2, 0.25) is 11.0 Å². The monoisotopic (exact) mass is 279 g/mol. The highest BCUT2D eigenvalue weighted by Crippen LogP contribution is 2.49. The molecule has 18 heavy (non-hydrogen) atoms. The number of aromatic nitrogens is 2. The van der Waals surface area contributed by atoms with Crippen molar-refractivity contribution in [3.05, 3.63) is 40.4 Å². The number of halogens is 1. The summed E-state index contributed by atoms with van der Waals surface area (Å²) in [5.41, 5.74) is 2.64. The normalized spacial score (nSPS) is 21.6. The first-order valence-corrected chi connectivity index (χ1v) is 6.83. The Morgan fingerprint density at radius 3 is 3.00 bits per heavy atom. The molecule has 2 aromatic rings. The molecule has 1 saturated carbocycles. The van der Waals surface area contributed by atoms with E-state index < -0.39 is 0 Å². The maximum Gasteiger partial charge on any atom is 0.229 e. The summed E-state index contributed by atoms with van der Waals surface area (Å²) < 4.78 is 0. The largest absolute Gasteiger partial charge is 0.300 e. The summed E-state index contributed by atoms with van der Waals surface area (Å²) >= 11 is 7.44. The number of benzene rings is 1. The lowest BCUT2D eigenvalue weighted by Crippen LogP contribution is -2.14. The van der Waals surface area contributed by atoms with E-state index in [1.54, 1.807) is 5.51 Å². The summed E-state index contributed by atoms with van der Waals surface area (Å²) in [4.78, 5) is 12.0. The van der Waals surface area contributed by atoms with Crippen molar-refractivity contribution in [1.29, 1.82) is 0 Å². The third-order valence-electron chi connectivity index (χ3n) is 3.02. The number of nitrogens with zero attached hydrogens (tertiary/aromatic N) is 2. The molecular formula is C12H10ClN3OS. The Bertz CT molecular complexity index is 572. The first kappa shape index (κ1) is 11.6. The van der Waals surface area contributed by atoms with Crippen LogP contribution in [0.1, 0.15) is 17.9 Å². The van der Waals surface area contributed by atoms with Crippen LogP contribution in [0.4, 0.5) is 5.13 Å². The van der Waals surface area contributed by atoms with Gasteiger partial charge in [0, 0.05) is 10.9 Å².